The van der Waals surface area contributed by atoms with E-state index in [1.807, 2.05) is 48.5 Å². The minimum atomic E-state index is 0.530. The number of nitrogens with one attached hydrogen (secondary N) is 1. The van der Waals surface area contributed by atoms with Gasteiger partial charge < -0.3 is 18.9 Å². The summed E-state index contributed by atoms with van der Waals surface area (Å²) in [5.41, 5.74) is 5.48. The van der Waals surface area contributed by atoms with Crippen molar-refractivity contribution in [2.24, 2.45) is 0 Å². The van der Waals surface area contributed by atoms with Gasteiger partial charge in [-0.25, -0.2) is 0 Å². The molecule has 0 spiro atoms. The number of benzene rings is 3. The van der Waals surface area contributed by atoms with Crippen molar-refractivity contribution in [3.63, 3.8) is 0 Å². The van der Waals surface area contributed by atoms with Gasteiger partial charge in [0.25, 0.3) is 0 Å². The fourth-order valence-electron chi connectivity index (χ4n) is 3.46. The molecule has 4 aromatic rings. The first-order valence-corrected chi connectivity index (χ1v) is 9.64. The Morgan fingerprint density at radius 2 is 1.16 bits per heavy atom. The lowest BCUT2D eigenvalue weighted by Gasteiger charge is -2.14. The molecule has 3 aromatic carbocycles. The molecule has 4 rings (SSSR count). The molecule has 0 aliphatic rings. The Hall–Kier alpha value is -4.00. The zero-order valence-electron chi connectivity index (χ0n) is 17.8. The summed E-state index contributed by atoms with van der Waals surface area (Å²) < 4.78 is 21.6. The number of rotatable bonds is 7. The van der Waals surface area contributed by atoms with Crippen LogP contribution in [0.4, 0.5) is 0 Å². The topological polar surface area (TPSA) is 78.5 Å². The first kappa shape index (κ1) is 20.3. The largest absolute Gasteiger partial charge is 0.497 e. The zero-order chi connectivity index (χ0) is 21.8. The molecule has 1 heterocycles. The number of nitrogens with zero attached hydrogens (tertiary/aromatic N) is 2. The van der Waals surface area contributed by atoms with Crippen LogP contribution < -0.4 is 18.9 Å². The molecule has 0 aliphatic heterocycles. The van der Waals surface area contributed by atoms with Crippen molar-refractivity contribution < 1.29 is 18.9 Å². The van der Waals surface area contributed by atoms with Gasteiger partial charge in [-0.05, 0) is 35.4 Å². The zero-order valence-corrected chi connectivity index (χ0v) is 17.8. The third-order valence-corrected chi connectivity index (χ3v) is 5.08. The van der Waals surface area contributed by atoms with E-state index < -0.39 is 0 Å². The van der Waals surface area contributed by atoms with Crippen LogP contribution in [0.25, 0.3) is 33.6 Å². The fourth-order valence-corrected chi connectivity index (χ4v) is 3.46. The number of aromatic nitrogens is 3. The smallest absolute Gasteiger partial charge is 0.203 e. The Bertz CT molecular complexity index is 1140. The second-order valence-electron chi connectivity index (χ2n) is 6.76. The van der Waals surface area contributed by atoms with Crippen molar-refractivity contribution in [1.29, 1.82) is 0 Å². The van der Waals surface area contributed by atoms with Gasteiger partial charge in [0.1, 0.15) is 11.4 Å². The van der Waals surface area contributed by atoms with Crippen molar-refractivity contribution in [1.82, 2.24) is 15.4 Å². The van der Waals surface area contributed by atoms with Crippen LogP contribution in [-0.4, -0.2) is 43.8 Å². The fraction of sp³-hybridized carbons (Fsp3) is 0.167. The molecule has 158 valence electrons. The maximum absolute atomic E-state index is 5.47. The van der Waals surface area contributed by atoms with Gasteiger partial charge in [0.15, 0.2) is 11.5 Å². The van der Waals surface area contributed by atoms with Crippen LogP contribution in [0.1, 0.15) is 0 Å². The Labute approximate surface area is 180 Å². The van der Waals surface area contributed by atoms with Gasteiger partial charge in [0.2, 0.25) is 5.75 Å². The van der Waals surface area contributed by atoms with E-state index in [1.165, 1.54) is 0 Å². The van der Waals surface area contributed by atoms with E-state index in [2.05, 4.69) is 27.5 Å². The summed E-state index contributed by atoms with van der Waals surface area (Å²) in [6, 6.07) is 19.9. The van der Waals surface area contributed by atoms with Crippen LogP contribution in [0.2, 0.25) is 0 Å². The van der Waals surface area contributed by atoms with Crippen LogP contribution in [-0.2, 0) is 0 Å². The predicted octanol–water partition coefficient (Wildman–Crippen LogP) is 4.84. The number of ether oxygens (including phenoxy) is 4. The van der Waals surface area contributed by atoms with Gasteiger partial charge >= 0.3 is 0 Å². The van der Waals surface area contributed by atoms with Crippen molar-refractivity contribution >= 4 is 0 Å². The maximum Gasteiger partial charge on any atom is 0.203 e. The lowest BCUT2D eigenvalue weighted by Crippen LogP contribution is -1.96. The molecule has 0 saturated carbocycles. The van der Waals surface area contributed by atoms with Gasteiger partial charge in [-0.15, -0.1) is 5.10 Å². The van der Waals surface area contributed by atoms with Crippen molar-refractivity contribution in [3.8, 4) is 56.6 Å². The van der Waals surface area contributed by atoms with Crippen molar-refractivity contribution in [2.45, 2.75) is 0 Å². The number of hydrogen-bond donors (Lipinski definition) is 1. The van der Waals surface area contributed by atoms with Gasteiger partial charge in [-0.2, -0.15) is 0 Å². The van der Waals surface area contributed by atoms with Crippen LogP contribution in [0.5, 0.6) is 23.0 Å². The standard InChI is InChI=1S/C24H23N3O4/c1-28-19-11-9-16(10-12-19)15-5-7-17(8-6-15)22-23(26-27-25-22)18-13-20(29-2)24(31-4)21(14-18)30-3/h5-14H,1-4H3,(H,25,26,27). The molecule has 7 heteroatoms. The Morgan fingerprint density at radius 3 is 1.68 bits per heavy atom. The Balaban J connectivity index is 1.70. The summed E-state index contributed by atoms with van der Waals surface area (Å²) in [6.07, 6.45) is 0. The third-order valence-electron chi connectivity index (χ3n) is 5.08. The Kier molecular flexibility index (Phi) is 5.75. The normalized spacial score (nSPS) is 10.6. The summed E-state index contributed by atoms with van der Waals surface area (Å²) in [5, 5.41) is 11.3. The summed E-state index contributed by atoms with van der Waals surface area (Å²) >= 11 is 0. The molecule has 0 radical (unpaired) electrons. The maximum atomic E-state index is 5.47. The summed E-state index contributed by atoms with van der Waals surface area (Å²) in [4.78, 5) is 0. The lowest BCUT2D eigenvalue weighted by molar-refractivity contribution is 0.324. The molecule has 0 fully saturated rings. The average molecular weight is 417 g/mol. The van der Waals surface area contributed by atoms with Gasteiger partial charge in [-0.1, -0.05) is 41.6 Å². The van der Waals surface area contributed by atoms with Crippen LogP contribution >= 0.6 is 0 Å². The highest BCUT2D eigenvalue weighted by molar-refractivity contribution is 5.81. The first-order valence-electron chi connectivity index (χ1n) is 9.64. The molecule has 31 heavy (non-hydrogen) atoms. The molecule has 0 amide bonds. The molecule has 0 saturated heterocycles. The third kappa shape index (κ3) is 3.90. The second kappa shape index (κ2) is 8.79. The monoisotopic (exact) mass is 417 g/mol. The lowest BCUT2D eigenvalue weighted by atomic mass is 10.0. The highest BCUT2D eigenvalue weighted by atomic mass is 16.5. The van der Waals surface area contributed by atoms with Gasteiger partial charge in [0, 0.05) is 11.1 Å². The summed E-state index contributed by atoms with van der Waals surface area (Å²) in [6.45, 7) is 0. The quantitative estimate of drug-likeness (QED) is 0.464. The molecule has 0 bridgehead atoms. The number of aromatic amines is 1. The highest BCUT2D eigenvalue weighted by Gasteiger charge is 2.18. The van der Waals surface area contributed by atoms with E-state index in [0.29, 0.717) is 22.9 Å². The average Bonchev–Trinajstić information content (AvgIpc) is 3.33. The minimum Gasteiger partial charge on any atom is -0.497 e. The highest BCUT2D eigenvalue weighted by Crippen LogP contribution is 2.42. The molecule has 0 atom stereocenters. The van der Waals surface area contributed by atoms with Crippen molar-refractivity contribution in [3.05, 3.63) is 60.7 Å². The number of hydrogen-bond acceptors (Lipinski definition) is 6. The van der Waals surface area contributed by atoms with E-state index in [0.717, 1.165) is 33.7 Å². The predicted molar refractivity (Wildman–Crippen MR) is 119 cm³/mol. The van der Waals surface area contributed by atoms with E-state index in [1.54, 1.807) is 28.4 Å². The van der Waals surface area contributed by atoms with Gasteiger partial charge in [-0.3, -0.25) is 5.10 Å². The molecular weight excluding hydrogens is 394 g/mol. The molecule has 0 aliphatic carbocycles. The van der Waals surface area contributed by atoms with E-state index in [9.17, 15) is 0 Å². The molecule has 1 aromatic heterocycles. The van der Waals surface area contributed by atoms with Crippen LogP contribution in [0.3, 0.4) is 0 Å². The van der Waals surface area contributed by atoms with Crippen molar-refractivity contribution in [2.75, 3.05) is 28.4 Å². The van der Waals surface area contributed by atoms with E-state index >= 15 is 0 Å². The molecular formula is C24H23N3O4. The number of H-pyrrole nitrogens is 1. The summed E-state index contributed by atoms with van der Waals surface area (Å²) in [5.74, 6) is 2.47. The van der Waals surface area contributed by atoms with E-state index in [4.69, 9.17) is 18.9 Å². The minimum absolute atomic E-state index is 0.530. The second-order valence-corrected chi connectivity index (χ2v) is 6.76. The summed E-state index contributed by atoms with van der Waals surface area (Å²) in [7, 11) is 6.41. The molecule has 0 unspecified atom stereocenters. The first-order chi connectivity index (χ1) is 15.2. The van der Waals surface area contributed by atoms with Crippen LogP contribution in [0, 0.1) is 0 Å². The molecule has 1 N–H and O–H groups in total. The Morgan fingerprint density at radius 1 is 0.613 bits per heavy atom. The van der Waals surface area contributed by atoms with Gasteiger partial charge in [0.05, 0.1) is 34.1 Å². The SMILES string of the molecule is COc1ccc(-c2ccc(-c3[nH]nnc3-c3cc(OC)c(OC)c(OC)c3)cc2)cc1. The molecule has 7 nitrogen and oxygen atoms in total. The van der Waals surface area contributed by atoms with Crippen LogP contribution in [0.15, 0.2) is 60.7 Å². The number of methoxy groups -OCH3 is 4. The van der Waals surface area contributed by atoms with E-state index in [-0.39, 0.29) is 0 Å².